The van der Waals surface area contributed by atoms with Crippen LogP contribution in [0.15, 0.2) is 121 Å². The SMILES string of the molecule is CN(CN(C)P(=O)(c1ccccc1)c1ccccc1)P(=O)(c1ccccc1)c1ccccc1. The van der Waals surface area contributed by atoms with E-state index in [9.17, 15) is 9.13 Å². The van der Waals surface area contributed by atoms with Crippen molar-refractivity contribution in [3.05, 3.63) is 121 Å². The van der Waals surface area contributed by atoms with E-state index in [4.69, 9.17) is 0 Å². The maximum atomic E-state index is 14.7. The van der Waals surface area contributed by atoms with Gasteiger partial charge in [0.15, 0.2) is 0 Å². The second kappa shape index (κ2) is 10.0. The van der Waals surface area contributed by atoms with Gasteiger partial charge in [-0.2, -0.15) is 0 Å². The van der Waals surface area contributed by atoms with Crippen molar-refractivity contribution in [2.24, 2.45) is 0 Å². The Bertz CT molecular complexity index is 1080. The van der Waals surface area contributed by atoms with E-state index in [1.165, 1.54) is 0 Å². The van der Waals surface area contributed by atoms with Gasteiger partial charge in [0.2, 0.25) is 14.6 Å². The van der Waals surface area contributed by atoms with Crippen LogP contribution in [0.1, 0.15) is 0 Å². The van der Waals surface area contributed by atoms with Crippen molar-refractivity contribution < 1.29 is 9.13 Å². The molecule has 0 radical (unpaired) electrons. The average molecular weight is 474 g/mol. The zero-order chi connectivity index (χ0) is 23.3. The lowest BCUT2D eigenvalue weighted by molar-refractivity contribution is 0.360. The second-order valence-corrected chi connectivity index (χ2v) is 13.7. The molecule has 0 N–H and O–H groups in total. The normalized spacial score (nSPS) is 12.2. The van der Waals surface area contributed by atoms with Crippen molar-refractivity contribution in [1.29, 1.82) is 0 Å². The first-order valence-electron chi connectivity index (χ1n) is 10.8. The Kier molecular flexibility index (Phi) is 7.12. The van der Waals surface area contributed by atoms with Gasteiger partial charge in [-0.15, -0.1) is 0 Å². The van der Waals surface area contributed by atoms with Gasteiger partial charge >= 0.3 is 0 Å². The third-order valence-electron chi connectivity index (χ3n) is 5.80. The monoisotopic (exact) mass is 474 g/mol. The lowest BCUT2D eigenvalue weighted by atomic mass is 10.4. The first kappa shape index (κ1) is 23.4. The predicted molar refractivity (Wildman–Crippen MR) is 140 cm³/mol. The molecule has 0 bridgehead atoms. The maximum absolute atomic E-state index is 14.7. The summed E-state index contributed by atoms with van der Waals surface area (Å²) in [7, 11) is -2.61. The fourth-order valence-corrected chi connectivity index (χ4v) is 9.39. The van der Waals surface area contributed by atoms with E-state index in [0.29, 0.717) is 0 Å². The maximum Gasteiger partial charge on any atom is 0.208 e. The van der Waals surface area contributed by atoms with Crippen molar-refractivity contribution in [2.45, 2.75) is 0 Å². The summed E-state index contributed by atoms with van der Waals surface area (Å²) in [6.45, 7) is 0.252. The molecular formula is C27H28N2O2P2. The van der Waals surface area contributed by atoms with Gasteiger partial charge in [-0.05, 0) is 62.6 Å². The van der Waals surface area contributed by atoms with Gasteiger partial charge in [0, 0.05) is 21.2 Å². The van der Waals surface area contributed by atoms with Crippen LogP contribution >= 0.6 is 14.6 Å². The fourth-order valence-electron chi connectivity index (χ4n) is 4.08. The van der Waals surface area contributed by atoms with Crippen LogP contribution in [0.25, 0.3) is 0 Å². The Balaban J connectivity index is 1.77. The molecule has 0 amide bonds. The predicted octanol–water partition coefficient (Wildman–Crippen LogP) is 4.67. The first-order chi connectivity index (χ1) is 16.0. The van der Waals surface area contributed by atoms with Crippen LogP contribution in [0.5, 0.6) is 0 Å². The highest BCUT2D eigenvalue weighted by atomic mass is 31.2. The first-order valence-corrected chi connectivity index (χ1v) is 14.1. The van der Waals surface area contributed by atoms with Crippen molar-refractivity contribution >= 4 is 35.8 Å². The second-order valence-electron chi connectivity index (χ2n) is 7.95. The van der Waals surface area contributed by atoms with Gasteiger partial charge in [0.25, 0.3) is 0 Å². The quantitative estimate of drug-likeness (QED) is 0.275. The molecule has 33 heavy (non-hydrogen) atoms. The Morgan fingerprint density at radius 3 is 0.879 bits per heavy atom. The molecule has 0 aliphatic carbocycles. The number of rotatable bonds is 8. The van der Waals surface area contributed by atoms with Crippen LogP contribution in [0.4, 0.5) is 0 Å². The van der Waals surface area contributed by atoms with Gasteiger partial charge in [-0.25, -0.2) is 9.34 Å². The molecule has 6 heteroatoms. The zero-order valence-corrected chi connectivity index (χ0v) is 20.6. The molecule has 0 saturated carbocycles. The van der Waals surface area contributed by atoms with Gasteiger partial charge in [0.05, 0.1) is 6.67 Å². The van der Waals surface area contributed by atoms with Crippen LogP contribution < -0.4 is 21.2 Å². The van der Waals surface area contributed by atoms with E-state index < -0.39 is 14.6 Å². The Morgan fingerprint density at radius 2 is 0.667 bits per heavy atom. The number of nitrogens with zero attached hydrogens (tertiary/aromatic N) is 2. The van der Waals surface area contributed by atoms with Crippen LogP contribution in [-0.2, 0) is 9.13 Å². The van der Waals surface area contributed by atoms with Crippen molar-refractivity contribution in [2.75, 3.05) is 20.8 Å². The van der Waals surface area contributed by atoms with E-state index in [1.807, 2.05) is 145 Å². The van der Waals surface area contributed by atoms with Crippen LogP contribution in [0.3, 0.4) is 0 Å². The van der Waals surface area contributed by atoms with Gasteiger partial charge < -0.3 is 0 Å². The molecule has 168 valence electrons. The van der Waals surface area contributed by atoms with Crippen LogP contribution in [0.2, 0.25) is 0 Å². The van der Waals surface area contributed by atoms with Crippen molar-refractivity contribution in [1.82, 2.24) is 9.34 Å². The molecule has 0 heterocycles. The summed E-state index contributed by atoms with van der Waals surface area (Å²) in [5.41, 5.74) is 0. The molecule has 0 saturated heterocycles. The van der Waals surface area contributed by atoms with Gasteiger partial charge in [0.1, 0.15) is 0 Å². The zero-order valence-electron chi connectivity index (χ0n) is 18.9. The van der Waals surface area contributed by atoms with Gasteiger partial charge in [-0.3, -0.25) is 9.13 Å². The molecule has 0 aliphatic rings. The van der Waals surface area contributed by atoms with Crippen LogP contribution in [0, 0.1) is 0 Å². The topological polar surface area (TPSA) is 40.6 Å². The molecule has 4 aromatic carbocycles. The average Bonchev–Trinajstić information content (AvgIpc) is 2.89. The summed E-state index contributed by atoms with van der Waals surface area (Å²) in [5, 5.41) is 3.01. The van der Waals surface area contributed by atoms with Crippen LogP contribution in [-0.4, -0.2) is 30.1 Å². The third-order valence-corrected chi connectivity index (χ3v) is 12.0. The fraction of sp³-hybridized carbons (Fsp3) is 0.111. The van der Waals surface area contributed by atoms with Gasteiger partial charge in [-0.1, -0.05) is 72.8 Å². The molecule has 0 fully saturated rings. The highest BCUT2D eigenvalue weighted by molar-refractivity contribution is 7.77. The number of hydrogen-bond acceptors (Lipinski definition) is 2. The number of hydrogen-bond donors (Lipinski definition) is 0. The minimum absolute atomic E-state index is 0.252. The lowest BCUT2D eigenvalue weighted by Crippen LogP contribution is -2.39. The largest absolute Gasteiger partial charge is 0.296 e. The molecule has 0 aliphatic heterocycles. The lowest BCUT2D eigenvalue weighted by Gasteiger charge is -2.36. The summed E-state index contributed by atoms with van der Waals surface area (Å²) in [6.07, 6.45) is 0. The highest BCUT2D eigenvalue weighted by Crippen LogP contribution is 2.51. The molecule has 4 aromatic rings. The molecule has 0 spiro atoms. The molecule has 0 aromatic heterocycles. The minimum atomic E-state index is -3.15. The molecular weight excluding hydrogens is 446 g/mol. The summed E-state index contributed by atoms with van der Waals surface area (Å²) < 4.78 is 33.0. The Labute approximate surface area is 196 Å². The standard InChI is InChI=1S/C27H28N2O2P2/c1-28(32(30,24-15-7-3-8-16-24)25-17-9-4-10-18-25)23-29(2)33(31,26-19-11-5-12-20-26)27-21-13-6-14-22-27/h3-22H,23H2,1-2H3. The molecule has 0 atom stereocenters. The Morgan fingerprint density at radius 1 is 0.455 bits per heavy atom. The summed E-state index contributed by atoms with van der Waals surface area (Å²) >= 11 is 0. The van der Waals surface area contributed by atoms with E-state index in [1.54, 1.807) is 0 Å². The summed E-state index contributed by atoms with van der Waals surface area (Å²) in [4.78, 5) is 0. The summed E-state index contributed by atoms with van der Waals surface area (Å²) in [6, 6.07) is 38.1. The van der Waals surface area contributed by atoms with E-state index in [2.05, 4.69) is 0 Å². The minimum Gasteiger partial charge on any atom is -0.296 e. The molecule has 0 unspecified atom stereocenters. The van der Waals surface area contributed by atoms with Crippen molar-refractivity contribution in [3.63, 3.8) is 0 Å². The smallest absolute Gasteiger partial charge is 0.208 e. The summed E-state index contributed by atoms with van der Waals surface area (Å²) in [5.74, 6) is 0. The van der Waals surface area contributed by atoms with E-state index >= 15 is 0 Å². The molecule has 4 nitrogen and oxygen atoms in total. The van der Waals surface area contributed by atoms with Crippen molar-refractivity contribution in [3.8, 4) is 0 Å². The molecule has 4 rings (SSSR count). The third kappa shape index (κ3) is 4.53. The van der Waals surface area contributed by atoms with E-state index in [0.717, 1.165) is 21.2 Å². The number of benzene rings is 4. The highest BCUT2D eigenvalue weighted by Gasteiger charge is 2.37. The Hall–Kier alpha value is -2.74. The van der Waals surface area contributed by atoms with E-state index in [-0.39, 0.29) is 6.67 Å².